The lowest BCUT2D eigenvalue weighted by Crippen LogP contribution is -2.28. The number of sulfonamides is 1. The van der Waals surface area contributed by atoms with E-state index in [4.69, 9.17) is 11.6 Å². The number of alkyl halides is 1. The average molecular weight is 294 g/mol. The predicted octanol–water partition coefficient (Wildman–Crippen LogP) is 2.76. The van der Waals surface area contributed by atoms with Gasteiger partial charge in [0, 0.05) is 19.5 Å². The van der Waals surface area contributed by atoms with Crippen LogP contribution in [0.2, 0.25) is 0 Å². The fourth-order valence-electron chi connectivity index (χ4n) is 1.79. The van der Waals surface area contributed by atoms with E-state index in [1.165, 1.54) is 15.6 Å². The van der Waals surface area contributed by atoms with Gasteiger partial charge in [-0.25, -0.2) is 8.42 Å². The van der Waals surface area contributed by atoms with E-state index in [2.05, 4.69) is 6.92 Å². The smallest absolute Gasteiger partial charge is 0.206 e. The van der Waals surface area contributed by atoms with Gasteiger partial charge >= 0.3 is 0 Å². The molecule has 3 nitrogen and oxygen atoms in total. The topological polar surface area (TPSA) is 37.4 Å². The lowest BCUT2D eigenvalue weighted by atomic mass is 10.3. The highest BCUT2D eigenvalue weighted by molar-refractivity contribution is 7.91. The monoisotopic (exact) mass is 293 g/mol. The Labute approximate surface area is 111 Å². The first kappa shape index (κ1) is 13.3. The number of thiophene rings is 1. The summed E-state index contributed by atoms with van der Waals surface area (Å²) < 4.78 is 26.3. The molecule has 96 valence electrons. The van der Waals surface area contributed by atoms with E-state index < -0.39 is 10.0 Å². The van der Waals surface area contributed by atoms with Crippen molar-refractivity contribution in [1.82, 2.24) is 4.31 Å². The molecule has 0 saturated heterocycles. The van der Waals surface area contributed by atoms with Gasteiger partial charge < -0.3 is 0 Å². The van der Waals surface area contributed by atoms with Gasteiger partial charge in [-0.2, -0.15) is 4.31 Å². The zero-order chi connectivity index (χ0) is 12.6. The van der Waals surface area contributed by atoms with Gasteiger partial charge in [0.15, 0.2) is 0 Å². The molecule has 1 aliphatic carbocycles. The first-order valence-electron chi connectivity index (χ1n) is 5.55. The van der Waals surface area contributed by atoms with Crippen LogP contribution in [0.5, 0.6) is 0 Å². The summed E-state index contributed by atoms with van der Waals surface area (Å²) in [5.41, 5.74) is 0.864. The molecule has 1 aromatic rings. The second-order valence-corrected chi connectivity index (χ2v) is 8.12. The first-order chi connectivity index (χ1) is 7.95. The Bertz CT molecular complexity index is 497. The Balaban J connectivity index is 2.11. The predicted molar refractivity (Wildman–Crippen MR) is 71.0 cm³/mol. The van der Waals surface area contributed by atoms with E-state index in [-0.39, 0.29) is 0 Å². The van der Waals surface area contributed by atoms with Gasteiger partial charge in [0.1, 0.15) is 4.21 Å². The number of rotatable bonds is 5. The van der Waals surface area contributed by atoms with Crippen molar-refractivity contribution in [2.45, 2.75) is 23.4 Å². The van der Waals surface area contributed by atoms with Crippen LogP contribution in [0.25, 0.3) is 0 Å². The molecule has 0 amide bonds. The second-order valence-electron chi connectivity index (χ2n) is 4.67. The minimum atomic E-state index is -3.31. The Morgan fingerprint density at radius 1 is 1.59 bits per heavy atom. The van der Waals surface area contributed by atoms with Crippen LogP contribution in [0.3, 0.4) is 0 Å². The molecule has 1 aromatic heterocycles. The van der Waals surface area contributed by atoms with E-state index in [0.29, 0.717) is 28.5 Å². The molecule has 2 atom stereocenters. The molecule has 0 spiro atoms. The van der Waals surface area contributed by atoms with Crippen LogP contribution in [0, 0.1) is 11.8 Å². The highest BCUT2D eigenvalue weighted by atomic mass is 35.5. The minimum Gasteiger partial charge on any atom is -0.206 e. The molecule has 1 heterocycles. The molecular weight excluding hydrogens is 278 g/mol. The molecule has 2 rings (SSSR count). The Hall–Kier alpha value is -0.100. The van der Waals surface area contributed by atoms with Gasteiger partial charge in [-0.1, -0.05) is 6.92 Å². The van der Waals surface area contributed by atoms with Crippen molar-refractivity contribution in [3.05, 3.63) is 17.0 Å². The lowest BCUT2D eigenvalue weighted by Gasteiger charge is -2.15. The summed E-state index contributed by atoms with van der Waals surface area (Å²) >= 11 is 6.93. The third-order valence-electron chi connectivity index (χ3n) is 3.22. The van der Waals surface area contributed by atoms with Gasteiger partial charge in [0.25, 0.3) is 10.0 Å². The van der Waals surface area contributed by atoms with Crippen molar-refractivity contribution >= 4 is 33.0 Å². The van der Waals surface area contributed by atoms with Crippen LogP contribution in [0.1, 0.15) is 18.9 Å². The van der Waals surface area contributed by atoms with Gasteiger partial charge in [-0.3, -0.25) is 0 Å². The summed E-state index contributed by atoms with van der Waals surface area (Å²) in [5, 5.41) is 1.80. The molecule has 2 unspecified atom stereocenters. The van der Waals surface area contributed by atoms with Gasteiger partial charge in [0.05, 0.1) is 0 Å². The van der Waals surface area contributed by atoms with Gasteiger partial charge in [0.2, 0.25) is 0 Å². The van der Waals surface area contributed by atoms with Gasteiger partial charge in [-0.05, 0) is 35.3 Å². The summed E-state index contributed by atoms with van der Waals surface area (Å²) in [4.78, 5) is 0. The second kappa shape index (κ2) is 4.88. The molecular formula is C11H16ClNO2S2. The van der Waals surface area contributed by atoms with Crippen LogP contribution >= 0.6 is 22.9 Å². The van der Waals surface area contributed by atoms with Crippen molar-refractivity contribution in [2.24, 2.45) is 11.8 Å². The van der Waals surface area contributed by atoms with Crippen LogP contribution in [0.4, 0.5) is 0 Å². The molecule has 1 aliphatic rings. The molecule has 17 heavy (non-hydrogen) atoms. The van der Waals surface area contributed by atoms with Crippen molar-refractivity contribution < 1.29 is 8.42 Å². The van der Waals surface area contributed by atoms with Crippen LogP contribution in [-0.4, -0.2) is 26.3 Å². The zero-order valence-corrected chi connectivity index (χ0v) is 12.3. The third-order valence-corrected chi connectivity index (χ3v) is 6.81. The van der Waals surface area contributed by atoms with Crippen LogP contribution in [0.15, 0.2) is 15.7 Å². The molecule has 6 heteroatoms. The number of halogens is 1. The van der Waals surface area contributed by atoms with Crippen molar-refractivity contribution in [1.29, 1.82) is 0 Å². The fourth-order valence-corrected chi connectivity index (χ4v) is 4.69. The minimum absolute atomic E-state index is 0.357. The van der Waals surface area contributed by atoms with E-state index in [1.807, 2.05) is 0 Å². The standard InChI is InChI=1S/C11H16ClNO2S2/c1-8-3-10(8)6-13(2)17(14,15)11-4-9(5-12)7-16-11/h4,7-8,10H,3,5-6H2,1-2H3. The number of hydrogen-bond donors (Lipinski definition) is 0. The summed E-state index contributed by atoms with van der Waals surface area (Å²) in [5.74, 6) is 1.55. The van der Waals surface area contributed by atoms with Crippen LogP contribution < -0.4 is 0 Å². The quantitative estimate of drug-likeness (QED) is 0.783. The summed E-state index contributed by atoms with van der Waals surface area (Å²) in [6.07, 6.45) is 1.14. The van der Waals surface area contributed by atoms with Gasteiger partial charge in [-0.15, -0.1) is 22.9 Å². The molecule has 1 saturated carbocycles. The van der Waals surface area contributed by atoms with Crippen molar-refractivity contribution in [2.75, 3.05) is 13.6 Å². The van der Waals surface area contributed by atoms with E-state index in [0.717, 1.165) is 12.0 Å². The van der Waals surface area contributed by atoms with E-state index in [1.54, 1.807) is 18.5 Å². The first-order valence-corrected chi connectivity index (χ1v) is 8.40. The average Bonchev–Trinajstić information content (AvgIpc) is 2.83. The SMILES string of the molecule is CC1CC1CN(C)S(=O)(=O)c1cc(CCl)cs1. The molecule has 0 N–H and O–H groups in total. The maximum absolute atomic E-state index is 12.2. The third kappa shape index (κ3) is 2.84. The van der Waals surface area contributed by atoms with Crippen molar-refractivity contribution in [3.8, 4) is 0 Å². The highest BCUT2D eigenvalue weighted by Gasteiger charge is 2.36. The zero-order valence-electron chi connectivity index (χ0n) is 9.89. The molecule has 0 aliphatic heterocycles. The fraction of sp³-hybridized carbons (Fsp3) is 0.636. The summed E-state index contributed by atoms with van der Waals surface area (Å²) in [6, 6.07) is 1.67. The van der Waals surface area contributed by atoms with E-state index >= 15 is 0 Å². The molecule has 0 aromatic carbocycles. The summed E-state index contributed by atoms with van der Waals surface area (Å²) in [7, 11) is -1.66. The lowest BCUT2D eigenvalue weighted by molar-refractivity contribution is 0.446. The number of hydrogen-bond acceptors (Lipinski definition) is 3. The number of nitrogens with zero attached hydrogens (tertiary/aromatic N) is 1. The normalized spacial score (nSPS) is 24.2. The molecule has 0 bridgehead atoms. The molecule has 0 radical (unpaired) electrons. The van der Waals surface area contributed by atoms with Crippen molar-refractivity contribution in [3.63, 3.8) is 0 Å². The summed E-state index contributed by atoms with van der Waals surface area (Å²) in [6.45, 7) is 2.78. The Kier molecular flexibility index (Phi) is 3.83. The maximum Gasteiger partial charge on any atom is 0.252 e. The highest BCUT2D eigenvalue weighted by Crippen LogP contribution is 2.39. The largest absolute Gasteiger partial charge is 0.252 e. The Morgan fingerprint density at radius 3 is 2.71 bits per heavy atom. The maximum atomic E-state index is 12.2. The van der Waals surface area contributed by atoms with E-state index in [9.17, 15) is 8.42 Å². The Morgan fingerprint density at radius 2 is 2.24 bits per heavy atom. The molecule has 1 fully saturated rings. The van der Waals surface area contributed by atoms with Crippen LogP contribution in [-0.2, 0) is 15.9 Å².